The third-order valence-electron chi connectivity index (χ3n) is 8.63. The Morgan fingerprint density at radius 3 is 2.48 bits per heavy atom. The number of fused-ring (bicyclic) bond motifs is 2. The largest absolute Gasteiger partial charge is 0.493 e. The van der Waals surface area contributed by atoms with Crippen LogP contribution in [-0.2, 0) is 24.2 Å². The minimum atomic E-state index is -0.340. The van der Waals surface area contributed by atoms with Gasteiger partial charge < -0.3 is 18.9 Å². The zero-order valence-corrected chi connectivity index (χ0v) is 27.7. The SMILES string of the molecule is C=CCN(Cc1ccccc1)c1[nH]nc(C)c1-c1cccc2c(CCCOc3cccc4ccccc34)c(C(=O)OCC)n(CC=C)c12. The number of aryl methyl sites for hydroxylation is 2. The quantitative estimate of drug-likeness (QED) is 0.0690. The van der Waals surface area contributed by atoms with Crippen LogP contribution in [0.5, 0.6) is 5.75 Å². The number of ether oxygens (including phenoxy) is 2. The Hall–Kier alpha value is -5.56. The van der Waals surface area contributed by atoms with E-state index in [-0.39, 0.29) is 12.6 Å². The highest BCUT2D eigenvalue weighted by Crippen LogP contribution is 2.40. The lowest BCUT2D eigenvalue weighted by atomic mass is 9.99. The van der Waals surface area contributed by atoms with Crippen molar-refractivity contribution >= 4 is 33.5 Å². The molecule has 7 nitrogen and oxygen atoms in total. The lowest BCUT2D eigenvalue weighted by molar-refractivity contribution is 0.0513. The minimum Gasteiger partial charge on any atom is -0.493 e. The summed E-state index contributed by atoms with van der Waals surface area (Å²) in [6, 6.07) is 31.0. The van der Waals surface area contributed by atoms with Crippen LogP contribution in [0.25, 0.3) is 32.8 Å². The Bertz CT molecular complexity index is 2050. The number of aromatic amines is 1. The first kappa shape index (κ1) is 32.4. The van der Waals surface area contributed by atoms with Crippen molar-refractivity contribution < 1.29 is 14.3 Å². The molecule has 0 aliphatic rings. The average Bonchev–Trinajstić information content (AvgIpc) is 3.64. The van der Waals surface area contributed by atoms with Gasteiger partial charge in [-0.05, 0) is 49.3 Å². The van der Waals surface area contributed by atoms with E-state index in [2.05, 4.69) is 93.5 Å². The van der Waals surface area contributed by atoms with E-state index in [4.69, 9.17) is 9.47 Å². The molecular formula is C41H42N4O3. The number of carbonyl (C=O) groups is 1. The van der Waals surface area contributed by atoms with Gasteiger partial charge in [-0.2, -0.15) is 5.10 Å². The number of anilines is 1. The predicted molar refractivity (Wildman–Crippen MR) is 196 cm³/mol. The fourth-order valence-electron chi connectivity index (χ4n) is 6.60. The Morgan fingerprint density at radius 2 is 1.69 bits per heavy atom. The van der Waals surface area contributed by atoms with Crippen molar-refractivity contribution in [2.75, 3.05) is 24.7 Å². The molecule has 0 fully saturated rings. The maximum atomic E-state index is 13.7. The van der Waals surface area contributed by atoms with Crippen molar-refractivity contribution in [3.8, 4) is 16.9 Å². The standard InChI is InChI=1S/C41H42N4O3/c1-5-25-44(28-30-16-9-8-10-17-30)40-37(29(4)42-43-40)35-22-14-21-33-34(39(41(46)47-7-3)45(26-6-2)38(33)35)23-15-27-48-36-24-13-19-31-18-11-12-20-32(31)36/h5-6,8-14,16-22,24H,1-2,7,15,23,25-28H2,3-4H3,(H,42,43). The van der Waals surface area contributed by atoms with E-state index < -0.39 is 0 Å². The Morgan fingerprint density at radius 1 is 0.938 bits per heavy atom. The highest BCUT2D eigenvalue weighted by atomic mass is 16.5. The molecule has 6 rings (SSSR count). The topological polar surface area (TPSA) is 72.4 Å². The lowest BCUT2D eigenvalue weighted by Gasteiger charge is -2.24. The van der Waals surface area contributed by atoms with Gasteiger partial charge in [-0.25, -0.2) is 4.79 Å². The molecule has 0 saturated heterocycles. The van der Waals surface area contributed by atoms with Gasteiger partial charge in [0.1, 0.15) is 17.3 Å². The van der Waals surface area contributed by atoms with Gasteiger partial charge >= 0.3 is 5.97 Å². The van der Waals surface area contributed by atoms with E-state index in [1.54, 1.807) is 0 Å². The van der Waals surface area contributed by atoms with Crippen molar-refractivity contribution in [2.24, 2.45) is 0 Å². The zero-order chi connectivity index (χ0) is 33.5. The van der Waals surface area contributed by atoms with Gasteiger partial charge in [-0.3, -0.25) is 5.10 Å². The van der Waals surface area contributed by atoms with Crippen LogP contribution >= 0.6 is 0 Å². The number of hydrogen-bond acceptors (Lipinski definition) is 5. The normalized spacial score (nSPS) is 11.1. The van der Waals surface area contributed by atoms with Crippen LogP contribution in [0, 0.1) is 6.92 Å². The molecule has 2 heterocycles. The van der Waals surface area contributed by atoms with Crippen LogP contribution < -0.4 is 9.64 Å². The van der Waals surface area contributed by atoms with Crippen LogP contribution in [0.2, 0.25) is 0 Å². The van der Waals surface area contributed by atoms with Gasteiger partial charge in [-0.1, -0.05) is 97.1 Å². The Kier molecular flexibility index (Phi) is 10.1. The fourth-order valence-corrected chi connectivity index (χ4v) is 6.60. The number of H-pyrrole nitrogens is 1. The van der Waals surface area contributed by atoms with Gasteiger partial charge in [-0.15, -0.1) is 13.2 Å². The van der Waals surface area contributed by atoms with Crippen LogP contribution in [0.3, 0.4) is 0 Å². The molecule has 0 unspecified atom stereocenters. The third-order valence-corrected chi connectivity index (χ3v) is 8.63. The maximum absolute atomic E-state index is 13.7. The van der Waals surface area contributed by atoms with E-state index in [0.717, 1.165) is 55.6 Å². The summed E-state index contributed by atoms with van der Waals surface area (Å²) in [6.07, 6.45) is 5.08. The average molecular weight is 639 g/mol. The summed E-state index contributed by atoms with van der Waals surface area (Å²) < 4.78 is 14.0. The summed E-state index contributed by atoms with van der Waals surface area (Å²) in [6.45, 7) is 14.5. The number of hydrogen-bond donors (Lipinski definition) is 1. The number of esters is 1. The minimum absolute atomic E-state index is 0.284. The van der Waals surface area contributed by atoms with Gasteiger partial charge in [0, 0.05) is 41.5 Å². The molecule has 0 bridgehead atoms. The molecular weight excluding hydrogens is 596 g/mol. The molecule has 0 amide bonds. The second kappa shape index (κ2) is 14.9. The smallest absolute Gasteiger partial charge is 0.355 e. The van der Waals surface area contributed by atoms with Gasteiger partial charge in [0.25, 0.3) is 0 Å². The second-order valence-electron chi connectivity index (χ2n) is 11.8. The van der Waals surface area contributed by atoms with Crippen molar-refractivity contribution in [3.63, 3.8) is 0 Å². The van der Waals surface area contributed by atoms with E-state index in [1.165, 1.54) is 5.56 Å². The van der Waals surface area contributed by atoms with Crippen molar-refractivity contribution in [3.05, 3.63) is 139 Å². The highest BCUT2D eigenvalue weighted by molar-refractivity contribution is 6.06. The lowest BCUT2D eigenvalue weighted by Crippen LogP contribution is -2.23. The molecule has 0 radical (unpaired) electrons. The van der Waals surface area contributed by atoms with Crippen LogP contribution in [0.15, 0.2) is 116 Å². The zero-order valence-electron chi connectivity index (χ0n) is 27.7. The number of aromatic nitrogens is 3. The van der Waals surface area contributed by atoms with Crippen molar-refractivity contribution in [1.82, 2.24) is 14.8 Å². The summed E-state index contributed by atoms with van der Waals surface area (Å²) in [5.74, 6) is 1.42. The molecule has 6 aromatic rings. The number of para-hydroxylation sites is 1. The molecule has 244 valence electrons. The molecule has 2 aromatic heterocycles. The Balaban J connectivity index is 1.42. The molecule has 1 N–H and O–H groups in total. The number of carbonyl (C=O) groups excluding carboxylic acids is 1. The van der Waals surface area contributed by atoms with Crippen molar-refractivity contribution in [2.45, 2.75) is 39.8 Å². The van der Waals surface area contributed by atoms with Gasteiger partial charge in [0.15, 0.2) is 0 Å². The molecule has 0 atom stereocenters. The second-order valence-corrected chi connectivity index (χ2v) is 11.8. The number of allylic oxidation sites excluding steroid dienone is 1. The van der Waals surface area contributed by atoms with E-state index >= 15 is 0 Å². The summed E-state index contributed by atoms with van der Waals surface area (Å²) >= 11 is 0. The molecule has 48 heavy (non-hydrogen) atoms. The van der Waals surface area contributed by atoms with Crippen LogP contribution in [-0.4, -0.2) is 40.5 Å². The first-order chi connectivity index (χ1) is 23.5. The van der Waals surface area contributed by atoms with E-state index in [1.807, 2.05) is 56.3 Å². The molecule has 0 aliphatic heterocycles. The monoisotopic (exact) mass is 638 g/mol. The maximum Gasteiger partial charge on any atom is 0.355 e. The number of rotatable bonds is 15. The first-order valence-electron chi connectivity index (χ1n) is 16.5. The number of nitrogens with one attached hydrogen (secondary N) is 1. The van der Waals surface area contributed by atoms with Gasteiger partial charge in [0.05, 0.1) is 24.4 Å². The summed E-state index contributed by atoms with van der Waals surface area (Å²) in [5, 5.41) is 11.2. The predicted octanol–water partition coefficient (Wildman–Crippen LogP) is 9.06. The Labute approximate surface area is 282 Å². The molecule has 0 aliphatic carbocycles. The number of benzene rings is 4. The molecule has 7 heteroatoms. The molecule has 0 spiro atoms. The first-order valence-corrected chi connectivity index (χ1v) is 16.5. The summed E-state index contributed by atoms with van der Waals surface area (Å²) in [4.78, 5) is 16.0. The summed E-state index contributed by atoms with van der Waals surface area (Å²) in [7, 11) is 0. The highest BCUT2D eigenvalue weighted by Gasteiger charge is 2.28. The van der Waals surface area contributed by atoms with Crippen LogP contribution in [0.4, 0.5) is 5.82 Å². The van der Waals surface area contributed by atoms with Gasteiger partial charge in [0.2, 0.25) is 0 Å². The molecule has 4 aromatic carbocycles. The summed E-state index contributed by atoms with van der Waals surface area (Å²) in [5.41, 5.74) is 6.48. The third kappa shape index (κ3) is 6.49. The van der Waals surface area contributed by atoms with Crippen molar-refractivity contribution in [1.29, 1.82) is 0 Å². The van der Waals surface area contributed by atoms with E-state index in [9.17, 15) is 4.79 Å². The van der Waals surface area contributed by atoms with E-state index in [0.29, 0.717) is 44.8 Å². The fraction of sp³-hybridized carbons (Fsp3) is 0.220. The van der Waals surface area contributed by atoms with Crippen LogP contribution in [0.1, 0.15) is 40.7 Å². The number of nitrogens with zero attached hydrogens (tertiary/aromatic N) is 3. The molecule has 0 saturated carbocycles.